The summed E-state index contributed by atoms with van der Waals surface area (Å²) in [5.41, 5.74) is 4.34. The molecule has 0 radical (unpaired) electrons. The van der Waals surface area contributed by atoms with E-state index in [4.69, 9.17) is 0 Å². The summed E-state index contributed by atoms with van der Waals surface area (Å²) < 4.78 is 0.0670. The highest BCUT2D eigenvalue weighted by molar-refractivity contribution is 5.82. The number of piperidine rings is 2. The monoisotopic (exact) mass is 376 g/mol. The van der Waals surface area contributed by atoms with E-state index < -0.39 is 17.6 Å². The summed E-state index contributed by atoms with van der Waals surface area (Å²) in [6.45, 7) is 2.49. The van der Waals surface area contributed by atoms with Crippen LogP contribution in [0.25, 0.3) is 0 Å². The molecule has 144 valence electrons. The van der Waals surface area contributed by atoms with Crippen LogP contribution in [0, 0.1) is 5.92 Å². The van der Waals surface area contributed by atoms with Gasteiger partial charge in [0.1, 0.15) is 0 Å². The van der Waals surface area contributed by atoms with Crippen molar-refractivity contribution in [3.63, 3.8) is 0 Å². The Hall–Kier alpha value is -2.46. The summed E-state index contributed by atoms with van der Waals surface area (Å²) in [5.74, 6) is -0.805. The van der Waals surface area contributed by atoms with Gasteiger partial charge >= 0.3 is 11.9 Å². The van der Waals surface area contributed by atoms with Gasteiger partial charge in [0.25, 0.3) is 0 Å². The molecule has 2 heterocycles. The van der Waals surface area contributed by atoms with E-state index in [0.717, 1.165) is 25.7 Å². The zero-order valence-corrected chi connectivity index (χ0v) is 16.2. The first-order chi connectivity index (χ1) is 13.6. The molecule has 3 aliphatic rings. The fraction of sp³-hybridized carbons (Fsp3) is 0.417. The van der Waals surface area contributed by atoms with Crippen molar-refractivity contribution >= 4 is 11.9 Å². The summed E-state index contributed by atoms with van der Waals surface area (Å²) in [5, 5.41) is 10.2. The molecule has 1 N–H and O–H groups in total. The third kappa shape index (κ3) is 1.84. The molecule has 28 heavy (non-hydrogen) atoms. The quantitative estimate of drug-likeness (QED) is 0.814. The Bertz CT molecular complexity index is 934. The standard InChI is InChI=1S/C24H25NO3/c1-2-21(26)25-15-7-12-20(22(25)23(27)28)24(25)18-10-5-3-8-16(18)13-14-17-9-4-6-11-19(17)24/h3-6,8-11,20,22H,2,7,12-15H2,1H3/p+1/t20-,22?,25?/m1/s1. The molecule has 1 amide bonds. The molecule has 2 fully saturated rings. The number of aryl methyl sites for hydroxylation is 2. The molecule has 1 spiro atoms. The third-order valence-electron chi connectivity index (χ3n) is 7.57. The lowest BCUT2D eigenvalue weighted by atomic mass is 9.53. The minimum absolute atomic E-state index is 0.0466. The maximum atomic E-state index is 13.6. The molecule has 2 bridgehead atoms. The van der Waals surface area contributed by atoms with E-state index in [0.29, 0.717) is 13.0 Å². The van der Waals surface area contributed by atoms with Gasteiger partial charge in [-0.1, -0.05) is 55.5 Å². The van der Waals surface area contributed by atoms with Crippen LogP contribution in [0.3, 0.4) is 0 Å². The van der Waals surface area contributed by atoms with Crippen LogP contribution in [-0.4, -0.2) is 34.1 Å². The lowest BCUT2D eigenvalue weighted by molar-refractivity contribution is -0.991. The number of hydrogen-bond acceptors (Lipinski definition) is 2. The van der Waals surface area contributed by atoms with Crippen LogP contribution in [0.5, 0.6) is 0 Å². The number of carbonyl (C=O) groups is 2. The largest absolute Gasteiger partial charge is 0.477 e. The van der Waals surface area contributed by atoms with Crippen LogP contribution in [0.2, 0.25) is 0 Å². The average Bonchev–Trinajstić information content (AvgIpc) is 2.88. The molecule has 3 atom stereocenters. The molecule has 2 saturated heterocycles. The Morgan fingerprint density at radius 1 is 1.04 bits per heavy atom. The number of aliphatic carboxylic acids is 1. The number of carboxylic acid groups (broad SMARTS) is 1. The minimum Gasteiger partial charge on any atom is -0.477 e. The van der Waals surface area contributed by atoms with Crippen LogP contribution < -0.4 is 0 Å². The summed E-state index contributed by atoms with van der Waals surface area (Å²) in [4.78, 5) is 25.9. The topological polar surface area (TPSA) is 54.4 Å². The number of fused-ring (bicyclic) bond motifs is 8. The Kier molecular flexibility index (Phi) is 3.79. The van der Waals surface area contributed by atoms with E-state index >= 15 is 0 Å². The summed E-state index contributed by atoms with van der Waals surface area (Å²) >= 11 is 0. The Balaban J connectivity index is 1.90. The normalized spacial score (nSPS) is 29.2. The Labute approximate surface area is 165 Å². The zero-order chi connectivity index (χ0) is 19.5. The maximum Gasteiger partial charge on any atom is 0.363 e. The van der Waals surface area contributed by atoms with Crippen molar-refractivity contribution < 1.29 is 19.2 Å². The molecular formula is C24H26NO3+. The molecule has 2 unspecified atom stereocenters. The Morgan fingerprint density at radius 3 is 2.14 bits per heavy atom. The van der Waals surface area contributed by atoms with Crippen molar-refractivity contribution in [2.75, 3.05) is 6.54 Å². The lowest BCUT2D eigenvalue weighted by Crippen LogP contribution is -2.88. The van der Waals surface area contributed by atoms with Gasteiger partial charge in [0.15, 0.2) is 5.54 Å². The van der Waals surface area contributed by atoms with Crippen LogP contribution in [0.15, 0.2) is 48.5 Å². The SMILES string of the molecule is CCC(=O)[N+]12CCC[C@H](C1C(=O)O)C21c2ccccc2CCc2ccccc21. The van der Waals surface area contributed by atoms with E-state index in [-0.39, 0.29) is 16.3 Å². The number of hydrogen-bond donors (Lipinski definition) is 1. The predicted molar refractivity (Wildman–Crippen MR) is 106 cm³/mol. The molecular weight excluding hydrogens is 350 g/mol. The second-order valence-electron chi connectivity index (χ2n) is 8.45. The molecule has 2 aromatic carbocycles. The van der Waals surface area contributed by atoms with Gasteiger partial charge in [0, 0.05) is 11.1 Å². The smallest absolute Gasteiger partial charge is 0.363 e. The number of benzene rings is 2. The van der Waals surface area contributed by atoms with Crippen LogP contribution in [-0.2, 0) is 28.0 Å². The first kappa shape index (κ1) is 17.6. The van der Waals surface area contributed by atoms with Crippen LogP contribution in [0.1, 0.15) is 48.4 Å². The third-order valence-corrected chi connectivity index (χ3v) is 7.57. The molecule has 0 saturated carbocycles. The molecule has 1 aliphatic carbocycles. The van der Waals surface area contributed by atoms with E-state index in [9.17, 15) is 14.7 Å². The van der Waals surface area contributed by atoms with Gasteiger partial charge in [-0.25, -0.2) is 14.1 Å². The highest BCUT2D eigenvalue weighted by atomic mass is 16.4. The van der Waals surface area contributed by atoms with Gasteiger partial charge in [-0.2, -0.15) is 0 Å². The summed E-state index contributed by atoms with van der Waals surface area (Å²) in [6, 6.07) is 16.2. The number of nitrogens with zero attached hydrogens (tertiary/aromatic N) is 1. The molecule has 4 heteroatoms. The van der Waals surface area contributed by atoms with E-state index in [1.54, 1.807) is 0 Å². The number of rotatable bonds is 2. The van der Waals surface area contributed by atoms with Crippen molar-refractivity contribution in [2.45, 2.75) is 50.6 Å². The Morgan fingerprint density at radius 2 is 1.61 bits per heavy atom. The average molecular weight is 376 g/mol. The van der Waals surface area contributed by atoms with Crippen molar-refractivity contribution in [1.29, 1.82) is 0 Å². The van der Waals surface area contributed by atoms with Gasteiger partial charge in [-0.3, -0.25) is 0 Å². The van der Waals surface area contributed by atoms with Gasteiger partial charge in [0.2, 0.25) is 6.04 Å². The number of quaternary nitrogens is 1. The zero-order valence-electron chi connectivity index (χ0n) is 16.2. The van der Waals surface area contributed by atoms with Gasteiger partial charge in [-0.15, -0.1) is 0 Å². The van der Waals surface area contributed by atoms with E-state index in [1.807, 2.05) is 19.1 Å². The first-order valence-corrected chi connectivity index (χ1v) is 10.4. The van der Waals surface area contributed by atoms with Gasteiger partial charge < -0.3 is 5.11 Å². The first-order valence-electron chi connectivity index (χ1n) is 10.4. The second-order valence-corrected chi connectivity index (χ2v) is 8.45. The van der Waals surface area contributed by atoms with Gasteiger partial charge in [0.05, 0.1) is 18.9 Å². The minimum atomic E-state index is -0.823. The predicted octanol–water partition coefficient (Wildman–Crippen LogP) is 3.66. The number of amides is 1. The summed E-state index contributed by atoms with van der Waals surface area (Å²) in [6.07, 6.45) is 3.99. The van der Waals surface area contributed by atoms with Crippen LogP contribution >= 0.6 is 0 Å². The fourth-order valence-electron chi connectivity index (χ4n) is 6.79. The molecule has 2 aromatic rings. The molecule has 4 nitrogen and oxygen atoms in total. The summed E-state index contributed by atoms with van der Waals surface area (Å²) in [7, 11) is 0. The molecule has 2 aliphatic heterocycles. The number of carbonyl (C=O) groups excluding carboxylic acids is 1. The van der Waals surface area contributed by atoms with Crippen molar-refractivity contribution in [3.05, 3.63) is 70.8 Å². The highest BCUT2D eigenvalue weighted by Gasteiger charge is 2.81. The molecule has 0 aromatic heterocycles. The maximum absolute atomic E-state index is 13.6. The molecule has 5 rings (SSSR count). The van der Waals surface area contributed by atoms with Crippen molar-refractivity contribution in [2.24, 2.45) is 5.92 Å². The lowest BCUT2D eigenvalue weighted by Gasteiger charge is -2.70. The van der Waals surface area contributed by atoms with Crippen molar-refractivity contribution in [1.82, 2.24) is 0 Å². The number of carboxylic acids is 1. The van der Waals surface area contributed by atoms with Crippen LogP contribution in [0.4, 0.5) is 0 Å². The highest BCUT2D eigenvalue weighted by Crippen LogP contribution is 2.66. The fourth-order valence-corrected chi connectivity index (χ4v) is 6.79. The van der Waals surface area contributed by atoms with E-state index in [2.05, 4.69) is 36.4 Å². The van der Waals surface area contributed by atoms with Crippen molar-refractivity contribution in [3.8, 4) is 0 Å². The second kappa shape index (κ2) is 6.02. The van der Waals surface area contributed by atoms with E-state index in [1.165, 1.54) is 22.3 Å². The van der Waals surface area contributed by atoms with Gasteiger partial charge in [-0.05, 0) is 36.8 Å².